The highest BCUT2D eigenvalue weighted by Crippen LogP contribution is 2.21. The van der Waals surface area contributed by atoms with Gasteiger partial charge >= 0.3 is 0 Å². The van der Waals surface area contributed by atoms with Crippen molar-refractivity contribution in [3.63, 3.8) is 0 Å². The monoisotopic (exact) mass is 276 g/mol. The first-order chi connectivity index (χ1) is 8.46. The lowest BCUT2D eigenvalue weighted by Gasteiger charge is -2.36. The molecule has 0 radical (unpaired) electrons. The van der Waals surface area contributed by atoms with Crippen LogP contribution in [0.5, 0.6) is 0 Å². The molecular weight excluding hydrogens is 262 g/mol. The molecule has 0 amide bonds. The summed E-state index contributed by atoms with van der Waals surface area (Å²) in [7, 11) is -3.76. The zero-order valence-corrected chi connectivity index (χ0v) is 10.7. The quantitative estimate of drug-likeness (QED) is 0.890. The van der Waals surface area contributed by atoms with Gasteiger partial charge in [-0.3, -0.25) is 0 Å². The number of nitrogens with zero attached hydrogens (tertiary/aromatic N) is 1. The molecule has 0 bridgehead atoms. The Hall–Kier alpha value is -1.05. The van der Waals surface area contributed by atoms with E-state index in [2.05, 4.69) is 5.32 Å². The van der Waals surface area contributed by atoms with Crippen LogP contribution in [0.4, 0.5) is 8.78 Å². The van der Waals surface area contributed by atoms with Crippen LogP contribution in [0.1, 0.15) is 6.92 Å². The normalized spacial score (nSPS) is 16.9. The Morgan fingerprint density at radius 3 is 2.44 bits per heavy atom. The third-order valence-corrected chi connectivity index (χ3v) is 5.00. The Labute approximate surface area is 105 Å². The predicted molar refractivity (Wildman–Crippen MR) is 62.6 cm³/mol. The number of halogens is 2. The van der Waals surface area contributed by atoms with Crippen LogP contribution in [-0.4, -0.2) is 38.4 Å². The Morgan fingerprint density at radius 1 is 1.33 bits per heavy atom. The van der Waals surface area contributed by atoms with Crippen LogP contribution in [0.2, 0.25) is 0 Å². The van der Waals surface area contributed by atoms with Crippen LogP contribution in [0, 0.1) is 11.6 Å². The second-order valence-electron chi connectivity index (χ2n) is 4.10. The fraction of sp³-hybridized carbons (Fsp3) is 0.455. The molecule has 1 heterocycles. The fourth-order valence-corrected chi connectivity index (χ4v) is 3.52. The molecule has 1 aliphatic heterocycles. The van der Waals surface area contributed by atoms with E-state index in [1.165, 1.54) is 4.31 Å². The molecule has 0 aromatic heterocycles. The maximum Gasteiger partial charge on any atom is 0.243 e. The molecule has 1 aromatic rings. The Bertz CT molecular complexity index is 544. The standard InChI is InChI=1S/C11H14F2N2O2S/c1-2-15(8-6-14-7-8)18(16,17)9-3-4-10(12)11(13)5-9/h3-5,8,14H,2,6-7H2,1H3. The molecule has 4 nitrogen and oxygen atoms in total. The SMILES string of the molecule is CCN(C1CNC1)S(=O)(=O)c1ccc(F)c(F)c1. The summed E-state index contributed by atoms with van der Waals surface area (Å²) in [5.74, 6) is -2.21. The summed E-state index contributed by atoms with van der Waals surface area (Å²) in [5.41, 5.74) is 0. The summed E-state index contributed by atoms with van der Waals surface area (Å²) in [6.07, 6.45) is 0. The van der Waals surface area contributed by atoms with Crippen molar-refractivity contribution >= 4 is 10.0 Å². The summed E-state index contributed by atoms with van der Waals surface area (Å²) in [6, 6.07) is 2.52. The van der Waals surface area contributed by atoms with E-state index < -0.39 is 21.7 Å². The van der Waals surface area contributed by atoms with Crippen molar-refractivity contribution in [2.75, 3.05) is 19.6 Å². The molecule has 2 rings (SSSR count). The van der Waals surface area contributed by atoms with Crippen molar-refractivity contribution in [2.45, 2.75) is 17.9 Å². The first kappa shape index (κ1) is 13.4. The average Bonchev–Trinajstić information content (AvgIpc) is 2.26. The predicted octanol–water partition coefficient (Wildman–Crippen LogP) is 0.947. The van der Waals surface area contributed by atoms with E-state index in [-0.39, 0.29) is 10.9 Å². The molecule has 100 valence electrons. The lowest BCUT2D eigenvalue weighted by atomic mass is 10.2. The third-order valence-electron chi connectivity index (χ3n) is 2.98. The zero-order chi connectivity index (χ0) is 13.3. The average molecular weight is 276 g/mol. The minimum absolute atomic E-state index is 0.117. The van der Waals surface area contributed by atoms with Gasteiger partial charge in [-0.05, 0) is 18.2 Å². The number of likely N-dealkylation sites (N-methyl/N-ethyl adjacent to an activating group) is 1. The molecule has 1 saturated heterocycles. The van der Waals surface area contributed by atoms with Crippen molar-refractivity contribution < 1.29 is 17.2 Å². The molecule has 0 unspecified atom stereocenters. The van der Waals surface area contributed by atoms with Gasteiger partial charge in [-0.2, -0.15) is 4.31 Å². The van der Waals surface area contributed by atoms with Gasteiger partial charge < -0.3 is 5.32 Å². The largest absolute Gasteiger partial charge is 0.313 e. The van der Waals surface area contributed by atoms with Gasteiger partial charge in [0.2, 0.25) is 10.0 Å². The zero-order valence-electron chi connectivity index (χ0n) is 9.86. The van der Waals surface area contributed by atoms with Crippen LogP contribution in [0.25, 0.3) is 0 Å². The molecule has 1 fully saturated rings. The summed E-state index contributed by atoms with van der Waals surface area (Å²) in [4.78, 5) is -0.213. The Morgan fingerprint density at radius 2 is 2.00 bits per heavy atom. The molecule has 1 N–H and O–H groups in total. The highest BCUT2D eigenvalue weighted by atomic mass is 32.2. The van der Waals surface area contributed by atoms with E-state index >= 15 is 0 Å². The van der Waals surface area contributed by atoms with Gasteiger partial charge in [0.15, 0.2) is 11.6 Å². The van der Waals surface area contributed by atoms with E-state index in [4.69, 9.17) is 0 Å². The maximum absolute atomic E-state index is 13.1. The highest BCUT2D eigenvalue weighted by molar-refractivity contribution is 7.89. The van der Waals surface area contributed by atoms with Gasteiger partial charge in [0.25, 0.3) is 0 Å². The van der Waals surface area contributed by atoms with Crippen LogP contribution < -0.4 is 5.32 Å². The fourth-order valence-electron chi connectivity index (χ4n) is 1.87. The number of hydrogen-bond acceptors (Lipinski definition) is 3. The van der Waals surface area contributed by atoms with Gasteiger partial charge in [0.1, 0.15) is 0 Å². The van der Waals surface area contributed by atoms with Crippen molar-refractivity contribution in [1.29, 1.82) is 0 Å². The van der Waals surface area contributed by atoms with Gasteiger partial charge in [-0.1, -0.05) is 6.92 Å². The number of benzene rings is 1. The summed E-state index contributed by atoms with van der Waals surface area (Å²) in [5, 5.41) is 2.98. The number of hydrogen-bond donors (Lipinski definition) is 1. The van der Waals surface area contributed by atoms with Gasteiger partial charge in [0.05, 0.1) is 4.90 Å². The van der Waals surface area contributed by atoms with Crippen LogP contribution in [0.3, 0.4) is 0 Å². The van der Waals surface area contributed by atoms with Crippen LogP contribution in [0.15, 0.2) is 23.1 Å². The molecule has 18 heavy (non-hydrogen) atoms. The first-order valence-electron chi connectivity index (χ1n) is 5.64. The minimum atomic E-state index is -3.76. The number of sulfonamides is 1. The van der Waals surface area contributed by atoms with Crippen LogP contribution in [-0.2, 0) is 10.0 Å². The molecule has 0 atom stereocenters. The van der Waals surface area contributed by atoms with Crippen LogP contribution >= 0.6 is 0 Å². The van der Waals surface area contributed by atoms with Gasteiger partial charge in [0, 0.05) is 25.7 Å². The molecule has 1 aliphatic rings. The highest BCUT2D eigenvalue weighted by Gasteiger charge is 2.33. The first-order valence-corrected chi connectivity index (χ1v) is 7.08. The third kappa shape index (κ3) is 2.25. The van der Waals surface area contributed by atoms with Gasteiger partial charge in [-0.25, -0.2) is 17.2 Å². The summed E-state index contributed by atoms with van der Waals surface area (Å²) < 4.78 is 51.8. The van der Waals surface area contributed by atoms with Crippen molar-refractivity contribution in [3.8, 4) is 0 Å². The van der Waals surface area contributed by atoms with E-state index in [0.29, 0.717) is 19.6 Å². The van der Waals surface area contributed by atoms with Crippen molar-refractivity contribution in [1.82, 2.24) is 9.62 Å². The maximum atomic E-state index is 13.1. The smallest absolute Gasteiger partial charge is 0.243 e. The summed E-state index contributed by atoms with van der Waals surface area (Å²) in [6.45, 7) is 3.18. The molecule has 0 aliphatic carbocycles. The molecule has 1 aromatic carbocycles. The Kier molecular flexibility index (Phi) is 3.65. The summed E-state index contributed by atoms with van der Waals surface area (Å²) >= 11 is 0. The van der Waals surface area contributed by atoms with Gasteiger partial charge in [-0.15, -0.1) is 0 Å². The lowest BCUT2D eigenvalue weighted by molar-refractivity contribution is 0.249. The molecule has 0 spiro atoms. The topological polar surface area (TPSA) is 49.4 Å². The van der Waals surface area contributed by atoms with Crippen molar-refractivity contribution in [3.05, 3.63) is 29.8 Å². The van der Waals surface area contributed by atoms with E-state index in [1.807, 2.05) is 0 Å². The van der Waals surface area contributed by atoms with E-state index in [0.717, 1.165) is 18.2 Å². The number of rotatable bonds is 4. The minimum Gasteiger partial charge on any atom is -0.313 e. The molecular formula is C11H14F2N2O2S. The second kappa shape index (κ2) is 4.91. The lowest BCUT2D eigenvalue weighted by Crippen LogP contribution is -2.58. The van der Waals surface area contributed by atoms with E-state index in [9.17, 15) is 17.2 Å². The molecule has 7 heteroatoms. The molecule has 0 saturated carbocycles. The van der Waals surface area contributed by atoms with E-state index in [1.54, 1.807) is 6.92 Å². The van der Waals surface area contributed by atoms with Crippen molar-refractivity contribution in [2.24, 2.45) is 0 Å². The Balaban J connectivity index is 2.36. The number of nitrogens with one attached hydrogen (secondary N) is 1. The second-order valence-corrected chi connectivity index (χ2v) is 5.99.